The molecule has 2 rings (SSSR count). The summed E-state index contributed by atoms with van der Waals surface area (Å²) in [5, 5.41) is 0.225. The van der Waals surface area contributed by atoms with Crippen LogP contribution in [0.15, 0.2) is 36.4 Å². The third-order valence-corrected chi connectivity index (χ3v) is 3.19. The molecule has 0 amide bonds. The highest BCUT2D eigenvalue weighted by molar-refractivity contribution is 6.34. The average Bonchev–Trinajstić information content (AvgIpc) is 2.47. The maximum Gasteiger partial charge on any atom is 0.196 e. The second kappa shape index (κ2) is 5.92. The summed E-state index contributed by atoms with van der Waals surface area (Å²) >= 11 is 6.11. The van der Waals surface area contributed by atoms with Gasteiger partial charge in [-0.1, -0.05) is 11.6 Å². The fourth-order valence-corrected chi connectivity index (χ4v) is 2.15. The highest BCUT2D eigenvalue weighted by Gasteiger charge is 2.19. The highest BCUT2D eigenvalue weighted by Crippen LogP contribution is 2.37. The fraction of sp³-hybridized carbons (Fsp3) is 0.133. The summed E-state index contributed by atoms with van der Waals surface area (Å²) in [5.74, 6) is -0.0489. The minimum Gasteiger partial charge on any atom is -0.495 e. The Morgan fingerprint density at radius 3 is 2.25 bits per heavy atom. The van der Waals surface area contributed by atoms with Crippen molar-refractivity contribution in [3.05, 3.63) is 58.4 Å². The molecule has 0 saturated carbocycles. The molecule has 2 aromatic rings. The highest BCUT2D eigenvalue weighted by atomic mass is 35.5. The first-order chi connectivity index (χ1) is 9.58. The van der Waals surface area contributed by atoms with Crippen molar-refractivity contribution in [2.45, 2.75) is 0 Å². The number of ketones is 1. The van der Waals surface area contributed by atoms with Crippen molar-refractivity contribution in [3.8, 4) is 11.5 Å². The van der Waals surface area contributed by atoms with Crippen LogP contribution in [0, 0.1) is 5.82 Å². The zero-order chi connectivity index (χ0) is 14.7. The smallest absolute Gasteiger partial charge is 0.196 e. The van der Waals surface area contributed by atoms with Crippen molar-refractivity contribution < 1.29 is 18.7 Å². The minimum absolute atomic E-state index is 0.225. The molecule has 5 heteroatoms. The van der Waals surface area contributed by atoms with E-state index in [1.807, 2.05) is 0 Å². The molecule has 104 valence electrons. The van der Waals surface area contributed by atoms with Crippen LogP contribution in [0.3, 0.4) is 0 Å². The fourth-order valence-electron chi connectivity index (χ4n) is 1.83. The first-order valence-electron chi connectivity index (χ1n) is 5.79. The van der Waals surface area contributed by atoms with E-state index < -0.39 is 5.82 Å². The lowest BCUT2D eigenvalue weighted by Crippen LogP contribution is -2.05. The number of methoxy groups -OCH3 is 2. The third-order valence-electron chi connectivity index (χ3n) is 2.84. The average molecular weight is 295 g/mol. The van der Waals surface area contributed by atoms with E-state index in [4.69, 9.17) is 21.1 Å². The first-order valence-corrected chi connectivity index (χ1v) is 6.17. The molecule has 0 N–H and O–H groups in total. The van der Waals surface area contributed by atoms with Gasteiger partial charge in [0.25, 0.3) is 0 Å². The molecule has 0 aliphatic carbocycles. The Morgan fingerprint density at radius 1 is 1.05 bits per heavy atom. The van der Waals surface area contributed by atoms with Crippen LogP contribution in [0.5, 0.6) is 11.5 Å². The largest absolute Gasteiger partial charge is 0.495 e. The molecular weight excluding hydrogens is 283 g/mol. The normalized spacial score (nSPS) is 10.2. The van der Waals surface area contributed by atoms with E-state index in [9.17, 15) is 9.18 Å². The Balaban J connectivity index is 2.49. The van der Waals surface area contributed by atoms with Gasteiger partial charge in [0.05, 0.1) is 19.8 Å². The topological polar surface area (TPSA) is 35.5 Å². The maximum absolute atomic E-state index is 12.9. The molecule has 2 aromatic carbocycles. The van der Waals surface area contributed by atoms with E-state index in [-0.39, 0.29) is 16.6 Å². The van der Waals surface area contributed by atoms with Crippen LogP contribution in [0.4, 0.5) is 4.39 Å². The van der Waals surface area contributed by atoms with Crippen LogP contribution in [-0.4, -0.2) is 20.0 Å². The van der Waals surface area contributed by atoms with Crippen LogP contribution < -0.4 is 9.47 Å². The molecule has 0 aromatic heterocycles. The maximum atomic E-state index is 12.9. The number of ether oxygens (including phenoxy) is 2. The van der Waals surface area contributed by atoms with Crippen molar-refractivity contribution in [3.63, 3.8) is 0 Å². The van der Waals surface area contributed by atoms with Gasteiger partial charge in [-0.3, -0.25) is 4.79 Å². The summed E-state index contributed by atoms with van der Waals surface area (Å²) in [6.07, 6.45) is 0. The number of halogens is 2. The van der Waals surface area contributed by atoms with Gasteiger partial charge in [0.1, 0.15) is 16.6 Å². The zero-order valence-electron chi connectivity index (χ0n) is 10.9. The third kappa shape index (κ3) is 2.60. The summed E-state index contributed by atoms with van der Waals surface area (Å²) in [4.78, 5) is 12.4. The molecule has 0 unspecified atom stereocenters. The molecule has 0 saturated heterocycles. The summed E-state index contributed by atoms with van der Waals surface area (Å²) in [5.41, 5.74) is 0.649. The molecule has 0 atom stereocenters. The standard InChI is InChI=1S/C15H12ClFO3/c1-19-12-8-7-11(15(20-2)13(12)16)14(18)9-3-5-10(17)6-4-9/h3-8H,1-2H3. The van der Waals surface area contributed by atoms with Crippen molar-refractivity contribution in [2.24, 2.45) is 0 Å². The van der Waals surface area contributed by atoms with Gasteiger partial charge in [-0.15, -0.1) is 0 Å². The van der Waals surface area contributed by atoms with Crippen molar-refractivity contribution >= 4 is 17.4 Å². The van der Waals surface area contributed by atoms with Gasteiger partial charge in [0, 0.05) is 5.56 Å². The van der Waals surface area contributed by atoms with E-state index in [1.165, 1.54) is 38.5 Å². The lowest BCUT2D eigenvalue weighted by Gasteiger charge is -2.12. The van der Waals surface area contributed by atoms with Crippen molar-refractivity contribution in [2.75, 3.05) is 14.2 Å². The molecule has 0 radical (unpaired) electrons. The number of carbonyl (C=O) groups excluding carboxylic acids is 1. The first kappa shape index (κ1) is 14.3. The Morgan fingerprint density at radius 2 is 1.70 bits per heavy atom. The molecular formula is C15H12ClFO3. The second-order valence-corrected chi connectivity index (χ2v) is 4.38. The van der Waals surface area contributed by atoms with Gasteiger partial charge < -0.3 is 9.47 Å². The monoisotopic (exact) mass is 294 g/mol. The van der Waals surface area contributed by atoms with E-state index in [2.05, 4.69) is 0 Å². The van der Waals surface area contributed by atoms with Gasteiger partial charge in [-0.25, -0.2) is 4.39 Å². The second-order valence-electron chi connectivity index (χ2n) is 4.00. The van der Waals surface area contributed by atoms with Crippen LogP contribution in [0.2, 0.25) is 5.02 Å². The van der Waals surface area contributed by atoms with Crippen LogP contribution in [-0.2, 0) is 0 Å². The SMILES string of the molecule is COc1ccc(C(=O)c2ccc(F)cc2)c(OC)c1Cl. The zero-order valence-corrected chi connectivity index (χ0v) is 11.7. The molecule has 3 nitrogen and oxygen atoms in total. The number of benzene rings is 2. The van der Waals surface area contributed by atoms with Crippen LogP contribution >= 0.6 is 11.6 Å². The number of hydrogen-bond acceptors (Lipinski definition) is 3. The van der Waals surface area contributed by atoms with Crippen LogP contribution in [0.25, 0.3) is 0 Å². The van der Waals surface area contributed by atoms with Gasteiger partial charge in [0.15, 0.2) is 11.5 Å². The molecule has 0 heterocycles. The van der Waals surface area contributed by atoms with Crippen molar-refractivity contribution in [1.29, 1.82) is 0 Å². The van der Waals surface area contributed by atoms with E-state index in [1.54, 1.807) is 12.1 Å². The van der Waals surface area contributed by atoms with Gasteiger partial charge in [-0.05, 0) is 36.4 Å². The molecule has 0 aliphatic rings. The Bertz CT molecular complexity index is 638. The van der Waals surface area contributed by atoms with Gasteiger partial charge in [0.2, 0.25) is 0 Å². The lowest BCUT2D eigenvalue weighted by atomic mass is 10.0. The summed E-state index contributed by atoms with van der Waals surface area (Å²) in [7, 11) is 2.89. The molecule has 0 aliphatic heterocycles. The quantitative estimate of drug-likeness (QED) is 0.806. The molecule has 0 fully saturated rings. The number of hydrogen-bond donors (Lipinski definition) is 0. The van der Waals surface area contributed by atoms with Crippen molar-refractivity contribution in [1.82, 2.24) is 0 Å². The molecule has 20 heavy (non-hydrogen) atoms. The predicted molar refractivity (Wildman–Crippen MR) is 74.4 cm³/mol. The Labute approximate surface area is 120 Å². The van der Waals surface area contributed by atoms with Gasteiger partial charge in [-0.2, -0.15) is 0 Å². The predicted octanol–water partition coefficient (Wildman–Crippen LogP) is 3.73. The Kier molecular flexibility index (Phi) is 4.25. The molecule has 0 spiro atoms. The molecule has 0 bridgehead atoms. The number of carbonyl (C=O) groups is 1. The summed E-state index contributed by atoms with van der Waals surface area (Å²) in [6.45, 7) is 0. The summed E-state index contributed by atoms with van der Waals surface area (Å²) in [6, 6.07) is 8.43. The van der Waals surface area contributed by atoms with E-state index in [0.717, 1.165) is 0 Å². The van der Waals surface area contributed by atoms with E-state index >= 15 is 0 Å². The van der Waals surface area contributed by atoms with Gasteiger partial charge >= 0.3 is 0 Å². The van der Waals surface area contributed by atoms with E-state index in [0.29, 0.717) is 16.9 Å². The number of rotatable bonds is 4. The Hall–Kier alpha value is -2.07. The lowest BCUT2D eigenvalue weighted by molar-refractivity contribution is 0.103. The summed E-state index contributed by atoms with van der Waals surface area (Å²) < 4.78 is 23.1. The van der Waals surface area contributed by atoms with Crippen LogP contribution in [0.1, 0.15) is 15.9 Å². The minimum atomic E-state index is -0.402.